The molecule has 1 amide bonds. The van der Waals surface area contributed by atoms with Crippen molar-refractivity contribution in [3.8, 4) is 0 Å². The van der Waals surface area contributed by atoms with Gasteiger partial charge in [-0.15, -0.1) is 0 Å². The summed E-state index contributed by atoms with van der Waals surface area (Å²) in [5.74, 6) is -0.318. The summed E-state index contributed by atoms with van der Waals surface area (Å²) in [6.45, 7) is 3.82. The van der Waals surface area contributed by atoms with Crippen molar-refractivity contribution in [2.75, 3.05) is 6.54 Å². The van der Waals surface area contributed by atoms with Crippen LogP contribution in [0.2, 0.25) is 0 Å². The van der Waals surface area contributed by atoms with E-state index in [1.54, 1.807) is 13.8 Å². The first-order valence-corrected chi connectivity index (χ1v) is 5.92. The lowest BCUT2D eigenvalue weighted by Crippen LogP contribution is -2.34. The van der Waals surface area contributed by atoms with Crippen LogP contribution in [0.15, 0.2) is 0 Å². The standard InChI is InChI=1S/C12H21NO3/c1-12(2,11(15)16)8-10(14)13-7-6-9-4-3-5-9/h9H,3-8H2,1-2H3,(H,13,14)(H,15,16). The largest absolute Gasteiger partial charge is 0.481 e. The summed E-state index contributed by atoms with van der Waals surface area (Å²) in [5, 5.41) is 11.7. The van der Waals surface area contributed by atoms with Gasteiger partial charge in [0.05, 0.1) is 5.41 Å². The van der Waals surface area contributed by atoms with Gasteiger partial charge in [0.2, 0.25) is 5.91 Å². The molecule has 0 aromatic rings. The Balaban J connectivity index is 2.16. The molecular weight excluding hydrogens is 206 g/mol. The molecule has 0 spiro atoms. The average molecular weight is 227 g/mol. The first-order valence-electron chi connectivity index (χ1n) is 5.92. The smallest absolute Gasteiger partial charge is 0.309 e. The quantitative estimate of drug-likeness (QED) is 0.727. The predicted molar refractivity (Wildman–Crippen MR) is 61.0 cm³/mol. The van der Waals surface area contributed by atoms with Crippen LogP contribution in [0.1, 0.15) is 46.0 Å². The van der Waals surface area contributed by atoms with E-state index in [0.29, 0.717) is 6.54 Å². The molecule has 0 saturated heterocycles. The van der Waals surface area contributed by atoms with Crippen molar-refractivity contribution in [3.63, 3.8) is 0 Å². The molecule has 1 aliphatic rings. The molecule has 0 aromatic carbocycles. The molecule has 2 N–H and O–H groups in total. The van der Waals surface area contributed by atoms with Gasteiger partial charge in [0, 0.05) is 13.0 Å². The molecule has 1 saturated carbocycles. The number of carboxylic acids is 1. The van der Waals surface area contributed by atoms with Crippen LogP contribution in [0.4, 0.5) is 0 Å². The van der Waals surface area contributed by atoms with Gasteiger partial charge in [-0.25, -0.2) is 0 Å². The zero-order valence-corrected chi connectivity index (χ0v) is 10.1. The number of carbonyl (C=O) groups is 2. The zero-order valence-electron chi connectivity index (χ0n) is 10.1. The van der Waals surface area contributed by atoms with Crippen molar-refractivity contribution in [2.24, 2.45) is 11.3 Å². The number of hydrogen-bond donors (Lipinski definition) is 2. The highest BCUT2D eigenvalue weighted by atomic mass is 16.4. The van der Waals surface area contributed by atoms with Crippen molar-refractivity contribution < 1.29 is 14.7 Å². The molecule has 1 rings (SSSR count). The molecule has 4 heteroatoms. The Morgan fingerprint density at radius 2 is 2.00 bits per heavy atom. The van der Waals surface area contributed by atoms with Crippen LogP contribution < -0.4 is 5.32 Å². The summed E-state index contributed by atoms with van der Waals surface area (Å²) >= 11 is 0. The topological polar surface area (TPSA) is 66.4 Å². The van der Waals surface area contributed by atoms with Gasteiger partial charge >= 0.3 is 5.97 Å². The fraction of sp³-hybridized carbons (Fsp3) is 0.833. The third-order valence-corrected chi connectivity index (χ3v) is 3.28. The normalized spacial score (nSPS) is 16.6. The summed E-state index contributed by atoms with van der Waals surface area (Å²) in [6, 6.07) is 0. The Bertz CT molecular complexity index is 269. The van der Waals surface area contributed by atoms with Crippen molar-refractivity contribution in [1.82, 2.24) is 5.32 Å². The fourth-order valence-electron chi connectivity index (χ4n) is 1.74. The van der Waals surface area contributed by atoms with E-state index in [4.69, 9.17) is 5.11 Å². The van der Waals surface area contributed by atoms with Crippen molar-refractivity contribution >= 4 is 11.9 Å². The molecule has 1 fully saturated rings. The van der Waals surface area contributed by atoms with E-state index in [0.717, 1.165) is 12.3 Å². The van der Waals surface area contributed by atoms with Gasteiger partial charge in [0.25, 0.3) is 0 Å². The third-order valence-electron chi connectivity index (χ3n) is 3.28. The van der Waals surface area contributed by atoms with Crippen LogP contribution in [0.3, 0.4) is 0 Å². The van der Waals surface area contributed by atoms with E-state index in [1.807, 2.05) is 0 Å². The van der Waals surface area contributed by atoms with Gasteiger partial charge in [-0.1, -0.05) is 19.3 Å². The van der Waals surface area contributed by atoms with Gasteiger partial charge in [0.15, 0.2) is 0 Å². The second-order valence-corrected chi connectivity index (χ2v) is 5.30. The van der Waals surface area contributed by atoms with Gasteiger partial charge in [-0.3, -0.25) is 9.59 Å². The maximum Gasteiger partial charge on any atom is 0.309 e. The SMILES string of the molecule is CC(C)(CC(=O)NCCC1CCC1)C(=O)O. The highest BCUT2D eigenvalue weighted by Gasteiger charge is 2.30. The Morgan fingerprint density at radius 3 is 2.44 bits per heavy atom. The molecule has 0 aliphatic heterocycles. The van der Waals surface area contributed by atoms with E-state index in [-0.39, 0.29) is 12.3 Å². The molecule has 0 unspecified atom stereocenters. The predicted octanol–water partition coefficient (Wildman–Crippen LogP) is 1.79. The first kappa shape index (κ1) is 13.0. The van der Waals surface area contributed by atoms with Gasteiger partial charge in [-0.05, 0) is 26.2 Å². The molecule has 0 radical (unpaired) electrons. The Kier molecular flexibility index (Phi) is 4.33. The summed E-state index contributed by atoms with van der Waals surface area (Å²) in [7, 11) is 0. The molecule has 4 nitrogen and oxygen atoms in total. The van der Waals surface area contributed by atoms with E-state index in [1.165, 1.54) is 19.3 Å². The van der Waals surface area contributed by atoms with Crippen LogP contribution in [-0.2, 0) is 9.59 Å². The number of aliphatic carboxylic acids is 1. The lowest BCUT2D eigenvalue weighted by atomic mass is 9.83. The summed E-state index contributed by atoms with van der Waals surface area (Å²) in [5.41, 5.74) is -0.972. The van der Waals surface area contributed by atoms with Crippen molar-refractivity contribution in [1.29, 1.82) is 0 Å². The Morgan fingerprint density at radius 1 is 1.38 bits per heavy atom. The van der Waals surface area contributed by atoms with Crippen LogP contribution in [0.5, 0.6) is 0 Å². The average Bonchev–Trinajstić information content (AvgIpc) is 2.08. The Labute approximate surface area is 96.4 Å². The van der Waals surface area contributed by atoms with E-state index in [9.17, 15) is 9.59 Å². The molecule has 0 aromatic heterocycles. The molecule has 92 valence electrons. The number of rotatable bonds is 6. The molecule has 16 heavy (non-hydrogen) atoms. The maximum atomic E-state index is 11.5. The minimum absolute atomic E-state index is 0.0486. The second-order valence-electron chi connectivity index (χ2n) is 5.30. The molecule has 0 heterocycles. The Hall–Kier alpha value is -1.06. The van der Waals surface area contributed by atoms with Gasteiger partial charge in [-0.2, -0.15) is 0 Å². The first-order chi connectivity index (χ1) is 7.42. The maximum absolute atomic E-state index is 11.5. The van der Waals surface area contributed by atoms with E-state index in [2.05, 4.69) is 5.32 Å². The summed E-state index contributed by atoms with van der Waals surface area (Å²) in [6.07, 6.45) is 4.93. The van der Waals surface area contributed by atoms with Gasteiger partial charge in [0.1, 0.15) is 0 Å². The van der Waals surface area contributed by atoms with Crippen LogP contribution in [0, 0.1) is 11.3 Å². The minimum atomic E-state index is -0.972. The lowest BCUT2D eigenvalue weighted by Gasteiger charge is -2.25. The number of hydrogen-bond acceptors (Lipinski definition) is 2. The summed E-state index contributed by atoms with van der Waals surface area (Å²) in [4.78, 5) is 22.3. The van der Waals surface area contributed by atoms with Crippen LogP contribution in [-0.4, -0.2) is 23.5 Å². The fourth-order valence-corrected chi connectivity index (χ4v) is 1.74. The number of amides is 1. The van der Waals surface area contributed by atoms with E-state index < -0.39 is 11.4 Å². The highest BCUT2D eigenvalue weighted by molar-refractivity contribution is 5.84. The molecule has 0 bridgehead atoms. The number of carboxylic acid groups (broad SMARTS) is 1. The van der Waals surface area contributed by atoms with Gasteiger partial charge < -0.3 is 10.4 Å². The van der Waals surface area contributed by atoms with Crippen LogP contribution in [0.25, 0.3) is 0 Å². The zero-order chi connectivity index (χ0) is 12.2. The van der Waals surface area contributed by atoms with Crippen LogP contribution >= 0.6 is 0 Å². The second kappa shape index (κ2) is 5.32. The number of nitrogens with one attached hydrogen (secondary N) is 1. The molecular formula is C12H21NO3. The minimum Gasteiger partial charge on any atom is -0.481 e. The summed E-state index contributed by atoms with van der Waals surface area (Å²) < 4.78 is 0. The third kappa shape index (κ3) is 3.83. The van der Waals surface area contributed by atoms with E-state index >= 15 is 0 Å². The van der Waals surface area contributed by atoms with Crippen molar-refractivity contribution in [3.05, 3.63) is 0 Å². The number of carbonyl (C=O) groups excluding carboxylic acids is 1. The monoisotopic (exact) mass is 227 g/mol. The molecule has 1 aliphatic carbocycles. The highest BCUT2D eigenvalue weighted by Crippen LogP contribution is 2.28. The van der Waals surface area contributed by atoms with Crippen molar-refractivity contribution in [2.45, 2.75) is 46.0 Å². The molecule has 0 atom stereocenters. The lowest BCUT2D eigenvalue weighted by molar-refractivity contribution is -0.149.